The average Bonchev–Trinajstić information content (AvgIpc) is 3.34. The molecule has 154 valence electrons. The van der Waals surface area contributed by atoms with E-state index in [1.165, 1.54) is 17.2 Å². The minimum atomic E-state index is -0.618. The maximum absolute atomic E-state index is 13.0. The number of urea groups is 1. The Labute approximate surface area is 169 Å². The van der Waals surface area contributed by atoms with Crippen LogP contribution in [0.5, 0.6) is 0 Å². The second-order valence-corrected chi connectivity index (χ2v) is 7.89. The number of nitrogens with two attached hydrogens (primary N) is 1. The molecule has 1 atom stereocenters. The Morgan fingerprint density at radius 2 is 1.76 bits per heavy atom. The molecule has 0 radical (unpaired) electrons. The number of nitrogens with zero attached hydrogens (tertiary/aromatic N) is 2. The van der Waals surface area contributed by atoms with Crippen LogP contribution in [-0.2, 0) is 4.79 Å². The van der Waals surface area contributed by atoms with E-state index >= 15 is 0 Å². The van der Waals surface area contributed by atoms with E-state index in [0.717, 1.165) is 37.5 Å². The maximum Gasteiger partial charge on any atom is 0.323 e. The van der Waals surface area contributed by atoms with Crippen molar-refractivity contribution >= 4 is 34.6 Å². The van der Waals surface area contributed by atoms with Crippen LogP contribution in [0.1, 0.15) is 44.9 Å². The van der Waals surface area contributed by atoms with E-state index in [-0.39, 0.29) is 18.0 Å². The van der Waals surface area contributed by atoms with Crippen molar-refractivity contribution in [2.45, 2.75) is 57.0 Å². The lowest BCUT2D eigenvalue weighted by molar-refractivity contribution is -0.125. The van der Waals surface area contributed by atoms with Gasteiger partial charge in [0.15, 0.2) is 0 Å². The van der Waals surface area contributed by atoms with Crippen LogP contribution in [-0.4, -0.2) is 46.1 Å². The summed E-state index contributed by atoms with van der Waals surface area (Å²) in [5.41, 5.74) is 6.58. The van der Waals surface area contributed by atoms with Crippen LogP contribution < -0.4 is 16.4 Å². The lowest BCUT2D eigenvalue weighted by atomic mass is 9.95. The van der Waals surface area contributed by atoms with Crippen LogP contribution in [0, 0.1) is 0 Å². The van der Waals surface area contributed by atoms with E-state index in [0.29, 0.717) is 24.2 Å². The van der Waals surface area contributed by atoms with Crippen LogP contribution >= 0.6 is 0 Å². The van der Waals surface area contributed by atoms with E-state index in [9.17, 15) is 14.4 Å². The quantitative estimate of drug-likeness (QED) is 0.740. The lowest BCUT2D eigenvalue weighted by Crippen LogP contribution is -2.50. The molecule has 1 saturated carbocycles. The Balaban J connectivity index is 1.48. The zero-order valence-corrected chi connectivity index (χ0v) is 16.4. The number of nitrogens with one attached hydrogen (secondary N) is 2. The van der Waals surface area contributed by atoms with Crippen LogP contribution in [0.2, 0.25) is 0 Å². The number of para-hydroxylation sites is 1. The number of primary amides is 1. The molecule has 1 aliphatic heterocycles. The summed E-state index contributed by atoms with van der Waals surface area (Å²) in [4.78, 5) is 39.0. The minimum absolute atomic E-state index is 0.0656. The number of anilines is 1. The minimum Gasteiger partial charge on any atom is -0.352 e. The number of likely N-dealkylation sites (tertiary alicyclic amines) is 1. The number of hydrogen-bond acceptors (Lipinski definition) is 3. The van der Waals surface area contributed by atoms with Gasteiger partial charge in [0.1, 0.15) is 6.04 Å². The molecule has 0 spiro atoms. The van der Waals surface area contributed by atoms with Crippen molar-refractivity contribution in [3.8, 4) is 0 Å². The normalized spacial score (nSPS) is 20.0. The summed E-state index contributed by atoms with van der Waals surface area (Å²) in [5.74, 6) is -0.0656. The van der Waals surface area contributed by atoms with Gasteiger partial charge in [-0.25, -0.2) is 9.59 Å². The standard InChI is InChI=1S/C21H27N5O3/c22-20(28)26-13-16(15-9-4-5-10-17(15)26)24-21(29)25-12-6-11-18(25)19(27)23-14-7-2-1-3-8-14/h4-5,9-10,13-14,18H,1-3,6-8,11-12H2,(H2,22,28)(H,23,27)(H,24,29). The molecular weight excluding hydrogens is 370 g/mol. The monoisotopic (exact) mass is 397 g/mol. The molecule has 4 N–H and O–H groups in total. The zero-order valence-electron chi connectivity index (χ0n) is 16.4. The van der Waals surface area contributed by atoms with Gasteiger partial charge in [-0.05, 0) is 31.7 Å². The van der Waals surface area contributed by atoms with Gasteiger partial charge >= 0.3 is 12.1 Å². The fourth-order valence-corrected chi connectivity index (χ4v) is 4.48. The molecule has 4 amide bonds. The lowest BCUT2D eigenvalue weighted by Gasteiger charge is -2.28. The summed E-state index contributed by atoms with van der Waals surface area (Å²) in [6.45, 7) is 0.531. The second kappa shape index (κ2) is 8.14. The van der Waals surface area contributed by atoms with Crippen LogP contribution in [0.3, 0.4) is 0 Å². The Hall–Kier alpha value is -3.03. The first-order valence-corrected chi connectivity index (χ1v) is 10.3. The number of rotatable bonds is 3. The molecule has 1 unspecified atom stereocenters. The molecule has 2 fully saturated rings. The number of aromatic nitrogens is 1. The summed E-state index contributed by atoms with van der Waals surface area (Å²) in [6, 6.07) is 6.04. The van der Waals surface area contributed by atoms with Gasteiger partial charge in [-0.1, -0.05) is 37.5 Å². The predicted octanol–water partition coefficient (Wildman–Crippen LogP) is 3.01. The van der Waals surface area contributed by atoms with Crippen molar-refractivity contribution in [2.75, 3.05) is 11.9 Å². The third kappa shape index (κ3) is 3.92. The summed E-state index contributed by atoms with van der Waals surface area (Å²) >= 11 is 0. The van der Waals surface area contributed by atoms with E-state index in [1.54, 1.807) is 17.0 Å². The summed E-state index contributed by atoms with van der Waals surface area (Å²) in [7, 11) is 0. The molecule has 29 heavy (non-hydrogen) atoms. The van der Waals surface area contributed by atoms with Gasteiger partial charge in [-0.3, -0.25) is 9.36 Å². The maximum atomic E-state index is 13.0. The van der Waals surface area contributed by atoms with Gasteiger partial charge in [0, 0.05) is 24.2 Å². The van der Waals surface area contributed by atoms with Gasteiger partial charge in [-0.15, -0.1) is 0 Å². The molecule has 0 bridgehead atoms. The highest BCUT2D eigenvalue weighted by molar-refractivity contribution is 6.05. The fourth-order valence-electron chi connectivity index (χ4n) is 4.48. The first-order valence-electron chi connectivity index (χ1n) is 10.3. The summed E-state index contributed by atoms with van der Waals surface area (Å²) in [5, 5.41) is 6.73. The smallest absolute Gasteiger partial charge is 0.323 e. The highest BCUT2D eigenvalue weighted by atomic mass is 16.2. The molecule has 2 aliphatic rings. The van der Waals surface area contributed by atoms with Crippen LogP contribution in [0.4, 0.5) is 15.3 Å². The molecular formula is C21H27N5O3. The predicted molar refractivity (Wildman–Crippen MR) is 111 cm³/mol. The number of hydrogen-bond donors (Lipinski definition) is 3. The Bertz CT molecular complexity index is 932. The van der Waals surface area contributed by atoms with Crippen molar-refractivity contribution in [3.05, 3.63) is 30.5 Å². The van der Waals surface area contributed by atoms with Gasteiger partial charge < -0.3 is 21.3 Å². The molecule has 1 aromatic carbocycles. The van der Waals surface area contributed by atoms with E-state index in [4.69, 9.17) is 5.73 Å². The number of benzene rings is 1. The Morgan fingerprint density at radius 3 is 2.52 bits per heavy atom. The number of carbonyl (C=O) groups excluding carboxylic acids is 3. The number of fused-ring (bicyclic) bond motifs is 1. The molecule has 2 heterocycles. The molecule has 1 aliphatic carbocycles. The fraction of sp³-hybridized carbons (Fsp3) is 0.476. The third-order valence-electron chi connectivity index (χ3n) is 5.96. The number of carbonyl (C=O) groups is 3. The van der Waals surface area contributed by atoms with E-state index in [1.807, 2.05) is 12.1 Å². The molecule has 4 rings (SSSR count). The molecule has 1 saturated heterocycles. The van der Waals surface area contributed by atoms with Gasteiger partial charge in [0.2, 0.25) is 5.91 Å². The highest BCUT2D eigenvalue weighted by Gasteiger charge is 2.35. The summed E-state index contributed by atoms with van der Waals surface area (Å²) in [6.07, 6.45) is 8.51. The van der Waals surface area contributed by atoms with Gasteiger partial charge in [-0.2, -0.15) is 0 Å². The Morgan fingerprint density at radius 1 is 1.00 bits per heavy atom. The molecule has 8 heteroatoms. The van der Waals surface area contributed by atoms with Crippen LogP contribution in [0.25, 0.3) is 10.9 Å². The van der Waals surface area contributed by atoms with Crippen LogP contribution in [0.15, 0.2) is 30.5 Å². The van der Waals surface area contributed by atoms with Gasteiger partial charge in [0.25, 0.3) is 0 Å². The summed E-state index contributed by atoms with van der Waals surface area (Å²) < 4.78 is 1.31. The topological polar surface area (TPSA) is 109 Å². The van der Waals surface area contributed by atoms with Crippen molar-refractivity contribution in [1.82, 2.24) is 14.8 Å². The molecule has 2 aromatic rings. The first kappa shape index (κ1) is 19.3. The second-order valence-electron chi connectivity index (χ2n) is 7.89. The number of amides is 4. The third-order valence-corrected chi connectivity index (χ3v) is 5.96. The van der Waals surface area contributed by atoms with Crippen molar-refractivity contribution in [3.63, 3.8) is 0 Å². The SMILES string of the molecule is NC(=O)n1cc(NC(=O)N2CCCC2C(=O)NC2CCCCC2)c2ccccc21. The van der Waals surface area contributed by atoms with Crippen molar-refractivity contribution < 1.29 is 14.4 Å². The molecule has 8 nitrogen and oxygen atoms in total. The molecule has 1 aromatic heterocycles. The van der Waals surface area contributed by atoms with E-state index in [2.05, 4.69) is 10.6 Å². The largest absolute Gasteiger partial charge is 0.352 e. The first-order chi connectivity index (χ1) is 14.0. The van der Waals surface area contributed by atoms with Crippen molar-refractivity contribution in [2.24, 2.45) is 5.73 Å². The average molecular weight is 397 g/mol. The zero-order chi connectivity index (χ0) is 20.4. The highest BCUT2D eigenvalue weighted by Crippen LogP contribution is 2.27. The van der Waals surface area contributed by atoms with Gasteiger partial charge in [0.05, 0.1) is 11.2 Å². The Kier molecular flexibility index (Phi) is 5.42. The van der Waals surface area contributed by atoms with E-state index < -0.39 is 12.1 Å². The van der Waals surface area contributed by atoms with Crippen molar-refractivity contribution in [1.29, 1.82) is 0 Å².